The van der Waals surface area contributed by atoms with E-state index in [1.54, 1.807) is 11.0 Å². The van der Waals surface area contributed by atoms with Gasteiger partial charge in [0.2, 0.25) is 15.9 Å². The van der Waals surface area contributed by atoms with Gasteiger partial charge in [-0.25, -0.2) is 12.7 Å². The minimum absolute atomic E-state index is 0.0147. The zero-order chi connectivity index (χ0) is 17.0. The minimum atomic E-state index is -3.24. The predicted octanol–water partition coefficient (Wildman–Crippen LogP) is 2.36. The molecule has 7 heteroatoms. The smallest absolute Gasteiger partial charge is 0.227 e. The van der Waals surface area contributed by atoms with Crippen LogP contribution in [0.4, 0.5) is 0 Å². The summed E-state index contributed by atoms with van der Waals surface area (Å²) < 4.78 is 24.8. The molecule has 1 aliphatic heterocycles. The first-order chi connectivity index (χ1) is 10.8. The van der Waals surface area contributed by atoms with Crippen LogP contribution in [0.25, 0.3) is 0 Å². The van der Waals surface area contributed by atoms with Gasteiger partial charge in [-0.1, -0.05) is 23.7 Å². The van der Waals surface area contributed by atoms with Crippen molar-refractivity contribution in [1.29, 1.82) is 0 Å². The van der Waals surface area contributed by atoms with Gasteiger partial charge < -0.3 is 4.90 Å². The van der Waals surface area contributed by atoms with Gasteiger partial charge in [-0.15, -0.1) is 0 Å². The standard InChI is InChI=1S/C16H23ClN2O3S/c1-3-18(11-13-6-4-8-15(17)10-13)16(20)14-7-5-9-19(12-14)23(2,21)22/h4,6,8,10,14H,3,5,7,9,11-12H2,1-2H3. The molecule has 1 aliphatic rings. The topological polar surface area (TPSA) is 57.7 Å². The van der Waals surface area contributed by atoms with E-state index in [9.17, 15) is 13.2 Å². The second-order valence-electron chi connectivity index (χ2n) is 5.94. The first-order valence-electron chi connectivity index (χ1n) is 7.79. The molecule has 1 heterocycles. The molecule has 1 atom stereocenters. The maximum Gasteiger partial charge on any atom is 0.227 e. The van der Waals surface area contributed by atoms with Crippen molar-refractivity contribution in [3.8, 4) is 0 Å². The Morgan fingerprint density at radius 3 is 2.78 bits per heavy atom. The summed E-state index contributed by atoms with van der Waals surface area (Å²) in [6.07, 6.45) is 2.65. The summed E-state index contributed by atoms with van der Waals surface area (Å²) in [7, 11) is -3.24. The van der Waals surface area contributed by atoms with Crippen LogP contribution in [0.15, 0.2) is 24.3 Å². The van der Waals surface area contributed by atoms with Crippen molar-refractivity contribution in [1.82, 2.24) is 9.21 Å². The Balaban J connectivity index is 2.07. The molecule has 1 aromatic rings. The Labute approximate surface area is 143 Å². The number of sulfonamides is 1. The van der Waals surface area contributed by atoms with Gasteiger partial charge in [0.05, 0.1) is 12.2 Å². The molecule has 2 rings (SSSR count). The van der Waals surface area contributed by atoms with Gasteiger partial charge in [0.15, 0.2) is 0 Å². The zero-order valence-corrected chi connectivity index (χ0v) is 15.1. The first kappa shape index (κ1) is 18.2. The summed E-state index contributed by atoms with van der Waals surface area (Å²) in [4.78, 5) is 14.5. The second-order valence-corrected chi connectivity index (χ2v) is 8.36. The van der Waals surface area contributed by atoms with E-state index in [4.69, 9.17) is 11.6 Å². The first-order valence-corrected chi connectivity index (χ1v) is 10.0. The lowest BCUT2D eigenvalue weighted by atomic mass is 9.98. The van der Waals surface area contributed by atoms with E-state index in [1.807, 2.05) is 25.1 Å². The van der Waals surface area contributed by atoms with Crippen LogP contribution in [0.3, 0.4) is 0 Å². The number of piperidine rings is 1. The van der Waals surface area contributed by atoms with Crippen LogP contribution < -0.4 is 0 Å². The third-order valence-corrected chi connectivity index (χ3v) is 5.66. The van der Waals surface area contributed by atoms with Gasteiger partial charge in [-0.05, 0) is 37.5 Å². The molecule has 0 bridgehead atoms. The summed E-state index contributed by atoms with van der Waals surface area (Å²) in [5.41, 5.74) is 0.975. The molecule has 1 aromatic carbocycles. The molecular weight excluding hydrogens is 336 g/mol. The van der Waals surface area contributed by atoms with Crippen molar-refractivity contribution in [3.05, 3.63) is 34.9 Å². The maximum atomic E-state index is 12.8. The summed E-state index contributed by atoms with van der Waals surface area (Å²) >= 11 is 5.99. The lowest BCUT2D eigenvalue weighted by Crippen LogP contribution is -2.46. The highest BCUT2D eigenvalue weighted by Gasteiger charge is 2.32. The largest absolute Gasteiger partial charge is 0.338 e. The van der Waals surface area contributed by atoms with Crippen LogP contribution in [0.5, 0.6) is 0 Å². The Kier molecular flexibility index (Phi) is 6.06. The zero-order valence-electron chi connectivity index (χ0n) is 13.5. The number of halogens is 1. The molecule has 5 nitrogen and oxygen atoms in total. The number of carbonyl (C=O) groups is 1. The van der Waals surface area contributed by atoms with E-state index in [2.05, 4.69) is 0 Å². The number of hydrogen-bond donors (Lipinski definition) is 0. The molecule has 23 heavy (non-hydrogen) atoms. The molecule has 0 spiro atoms. The molecule has 128 valence electrons. The van der Waals surface area contributed by atoms with Crippen molar-refractivity contribution in [2.75, 3.05) is 25.9 Å². The Morgan fingerprint density at radius 1 is 1.43 bits per heavy atom. The van der Waals surface area contributed by atoms with Crippen molar-refractivity contribution in [2.24, 2.45) is 5.92 Å². The number of nitrogens with zero attached hydrogens (tertiary/aromatic N) is 2. The molecular formula is C16H23ClN2O3S. The average Bonchev–Trinajstić information content (AvgIpc) is 2.51. The van der Waals surface area contributed by atoms with E-state index >= 15 is 0 Å². The highest BCUT2D eigenvalue weighted by Crippen LogP contribution is 2.22. The Hall–Kier alpha value is -1.11. The van der Waals surface area contributed by atoms with Crippen LogP contribution in [0.2, 0.25) is 5.02 Å². The van der Waals surface area contributed by atoms with Gasteiger partial charge in [0, 0.05) is 31.2 Å². The van der Waals surface area contributed by atoms with Crippen LogP contribution in [0, 0.1) is 5.92 Å². The third-order valence-electron chi connectivity index (χ3n) is 4.16. The van der Waals surface area contributed by atoms with E-state index in [1.165, 1.54) is 10.6 Å². The fourth-order valence-corrected chi connectivity index (χ4v) is 4.03. The van der Waals surface area contributed by atoms with Crippen LogP contribution >= 0.6 is 11.6 Å². The number of benzene rings is 1. The van der Waals surface area contributed by atoms with Crippen molar-refractivity contribution in [2.45, 2.75) is 26.3 Å². The lowest BCUT2D eigenvalue weighted by Gasteiger charge is -2.33. The molecule has 0 N–H and O–H groups in total. The van der Waals surface area contributed by atoms with Crippen molar-refractivity contribution in [3.63, 3.8) is 0 Å². The van der Waals surface area contributed by atoms with E-state index < -0.39 is 10.0 Å². The second kappa shape index (κ2) is 7.64. The fraction of sp³-hybridized carbons (Fsp3) is 0.562. The fourth-order valence-electron chi connectivity index (χ4n) is 2.90. The van der Waals surface area contributed by atoms with Gasteiger partial charge in [-0.3, -0.25) is 4.79 Å². The summed E-state index contributed by atoms with van der Waals surface area (Å²) in [6, 6.07) is 7.45. The molecule has 1 unspecified atom stereocenters. The van der Waals surface area contributed by atoms with E-state index in [-0.39, 0.29) is 18.4 Å². The maximum absolute atomic E-state index is 12.8. The number of hydrogen-bond acceptors (Lipinski definition) is 3. The van der Waals surface area contributed by atoms with Crippen LogP contribution in [-0.2, 0) is 21.4 Å². The quantitative estimate of drug-likeness (QED) is 0.811. The normalized spacial score (nSPS) is 19.5. The highest BCUT2D eigenvalue weighted by atomic mass is 35.5. The number of rotatable bonds is 5. The minimum Gasteiger partial charge on any atom is -0.338 e. The number of carbonyl (C=O) groups excluding carboxylic acids is 1. The molecule has 0 saturated carbocycles. The molecule has 1 fully saturated rings. The molecule has 1 amide bonds. The third kappa shape index (κ3) is 4.93. The van der Waals surface area contributed by atoms with Crippen LogP contribution in [0.1, 0.15) is 25.3 Å². The van der Waals surface area contributed by atoms with Crippen molar-refractivity contribution < 1.29 is 13.2 Å². The predicted molar refractivity (Wildman–Crippen MR) is 91.7 cm³/mol. The van der Waals surface area contributed by atoms with E-state index in [0.717, 1.165) is 18.4 Å². The molecule has 0 aromatic heterocycles. The van der Waals surface area contributed by atoms with Gasteiger partial charge >= 0.3 is 0 Å². The molecule has 1 saturated heterocycles. The highest BCUT2D eigenvalue weighted by molar-refractivity contribution is 7.88. The average molecular weight is 359 g/mol. The monoisotopic (exact) mass is 358 g/mol. The summed E-state index contributed by atoms with van der Waals surface area (Å²) in [5.74, 6) is -0.251. The summed E-state index contributed by atoms with van der Waals surface area (Å²) in [5, 5.41) is 0.645. The van der Waals surface area contributed by atoms with Gasteiger partial charge in [0.1, 0.15) is 0 Å². The Bertz CT molecular complexity index is 663. The van der Waals surface area contributed by atoms with Gasteiger partial charge in [0.25, 0.3) is 0 Å². The molecule has 0 radical (unpaired) electrons. The number of amides is 1. The Morgan fingerprint density at radius 2 is 2.17 bits per heavy atom. The lowest BCUT2D eigenvalue weighted by molar-refractivity contribution is -0.137. The van der Waals surface area contributed by atoms with Gasteiger partial charge in [-0.2, -0.15) is 0 Å². The summed E-state index contributed by atoms with van der Waals surface area (Å²) in [6.45, 7) is 3.79. The molecule has 0 aliphatic carbocycles. The SMILES string of the molecule is CCN(Cc1cccc(Cl)c1)C(=O)C1CCCN(S(C)(=O)=O)C1. The van der Waals surface area contributed by atoms with Crippen molar-refractivity contribution >= 4 is 27.5 Å². The van der Waals surface area contributed by atoms with E-state index in [0.29, 0.717) is 24.7 Å². The van der Waals surface area contributed by atoms with Crippen LogP contribution in [-0.4, -0.2) is 49.4 Å².